The van der Waals surface area contributed by atoms with Gasteiger partial charge in [-0.1, -0.05) is 0 Å². The molecule has 1 aromatic rings. The van der Waals surface area contributed by atoms with E-state index >= 15 is 0 Å². The fourth-order valence-electron chi connectivity index (χ4n) is 2.03. The number of hydrogen-bond acceptors (Lipinski definition) is 3. The molecule has 2 rings (SSSR count). The van der Waals surface area contributed by atoms with Crippen LogP contribution in [0.2, 0.25) is 0 Å². The molecule has 0 bridgehead atoms. The van der Waals surface area contributed by atoms with Gasteiger partial charge in [0.05, 0.1) is 11.7 Å². The SMILES string of the molecule is CN1CCC(N)C1c1ncc(Br)cc1Br. The molecule has 3 nitrogen and oxygen atoms in total. The van der Waals surface area contributed by atoms with E-state index in [1.165, 1.54) is 0 Å². The van der Waals surface area contributed by atoms with Crippen LogP contribution >= 0.6 is 31.9 Å². The molecule has 1 fully saturated rings. The predicted molar refractivity (Wildman–Crippen MR) is 67.6 cm³/mol. The molecule has 1 saturated heterocycles. The summed E-state index contributed by atoms with van der Waals surface area (Å²) in [5, 5.41) is 0. The Labute approximate surface area is 106 Å². The van der Waals surface area contributed by atoms with Gasteiger partial charge < -0.3 is 5.73 Å². The van der Waals surface area contributed by atoms with Crippen LogP contribution < -0.4 is 5.73 Å². The van der Waals surface area contributed by atoms with E-state index in [1.54, 1.807) is 0 Å². The molecule has 5 heteroatoms. The van der Waals surface area contributed by atoms with Crippen molar-refractivity contribution in [2.75, 3.05) is 13.6 Å². The number of hydrogen-bond donors (Lipinski definition) is 1. The third kappa shape index (κ3) is 2.25. The van der Waals surface area contributed by atoms with Gasteiger partial charge in [-0.15, -0.1) is 0 Å². The van der Waals surface area contributed by atoms with E-state index in [2.05, 4.69) is 48.8 Å². The van der Waals surface area contributed by atoms with Crippen LogP contribution in [0.3, 0.4) is 0 Å². The first-order valence-electron chi connectivity index (χ1n) is 4.86. The lowest BCUT2D eigenvalue weighted by Gasteiger charge is -2.23. The third-order valence-corrected chi connectivity index (χ3v) is 3.88. The highest BCUT2D eigenvalue weighted by Crippen LogP contribution is 2.33. The van der Waals surface area contributed by atoms with Crippen molar-refractivity contribution in [3.8, 4) is 0 Å². The molecule has 1 aliphatic heterocycles. The third-order valence-electron chi connectivity index (χ3n) is 2.81. The molecule has 0 aliphatic carbocycles. The van der Waals surface area contributed by atoms with Crippen molar-refractivity contribution in [2.45, 2.75) is 18.5 Å². The van der Waals surface area contributed by atoms with Crippen molar-refractivity contribution in [1.82, 2.24) is 9.88 Å². The minimum Gasteiger partial charge on any atom is -0.326 e. The molecule has 2 unspecified atom stereocenters. The van der Waals surface area contributed by atoms with Gasteiger partial charge in [-0.25, -0.2) is 0 Å². The molecule has 0 aromatic carbocycles. The van der Waals surface area contributed by atoms with E-state index in [-0.39, 0.29) is 12.1 Å². The van der Waals surface area contributed by atoms with Crippen LogP contribution in [0.1, 0.15) is 18.2 Å². The van der Waals surface area contributed by atoms with Crippen molar-refractivity contribution in [1.29, 1.82) is 0 Å². The maximum atomic E-state index is 6.09. The summed E-state index contributed by atoms with van der Waals surface area (Å²) in [6, 6.07) is 2.42. The van der Waals surface area contributed by atoms with Crippen LogP contribution in [0.5, 0.6) is 0 Å². The summed E-state index contributed by atoms with van der Waals surface area (Å²) in [5.41, 5.74) is 7.13. The number of aromatic nitrogens is 1. The molecule has 2 atom stereocenters. The van der Waals surface area contributed by atoms with E-state index in [9.17, 15) is 0 Å². The van der Waals surface area contributed by atoms with Gasteiger partial charge >= 0.3 is 0 Å². The number of rotatable bonds is 1. The van der Waals surface area contributed by atoms with Gasteiger partial charge in [0.2, 0.25) is 0 Å². The molecule has 0 amide bonds. The fraction of sp³-hybridized carbons (Fsp3) is 0.500. The molecule has 0 saturated carbocycles. The van der Waals surface area contributed by atoms with Gasteiger partial charge in [-0.05, 0) is 51.4 Å². The normalized spacial score (nSPS) is 27.2. The van der Waals surface area contributed by atoms with E-state index < -0.39 is 0 Å². The van der Waals surface area contributed by atoms with Gasteiger partial charge in [-0.3, -0.25) is 9.88 Å². The lowest BCUT2D eigenvalue weighted by Crippen LogP contribution is -2.30. The Morgan fingerprint density at radius 3 is 2.80 bits per heavy atom. The zero-order valence-corrected chi connectivity index (χ0v) is 11.6. The number of likely N-dealkylation sites (N-methyl/N-ethyl adjacent to an activating group) is 1. The second-order valence-corrected chi connectivity index (χ2v) is 5.67. The molecule has 1 aromatic heterocycles. The van der Waals surface area contributed by atoms with Gasteiger partial charge in [0.15, 0.2) is 0 Å². The second-order valence-electron chi connectivity index (χ2n) is 3.90. The number of nitrogens with zero attached hydrogens (tertiary/aromatic N) is 2. The highest BCUT2D eigenvalue weighted by atomic mass is 79.9. The van der Waals surface area contributed by atoms with Gasteiger partial charge in [0, 0.05) is 27.7 Å². The summed E-state index contributed by atoms with van der Waals surface area (Å²) in [7, 11) is 2.09. The maximum absolute atomic E-state index is 6.09. The van der Waals surface area contributed by atoms with Crippen molar-refractivity contribution < 1.29 is 0 Å². The summed E-state index contributed by atoms with van der Waals surface area (Å²) < 4.78 is 2.00. The van der Waals surface area contributed by atoms with Crippen LogP contribution in [0.4, 0.5) is 0 Å². The maximum Gasteiger partial charge on any atom is 0.0733 e. The Balaban J connectivity index is 2.36. The molecule has 0 radical (unpaired) electrons. The Morgan fingerprint density at radius 1 is 1.53 bits per heavy atom. The largest absolute Gasteiger partial charge is 0.326 e. The first-order valence-corrected chi connectivity index (χ1v) is 6.45. The first-order chi connectivity index (χ1) is 7.09. The van der Waals surface area contributed by atoms with Crippen LogP contribution in [0, 0.1) is 0 Å². The van der Waals surface area contributed by atoms with E-state index in [0.29, 0.717) is 0 Å². The quantitative estimate of drug-likeness (QED) is 0.857. The molecule has 15 heavy (non-hydrogen) atoms. The molecule has 82 valence electrons. The molecule has 0 spiro atoms. The van der Waals surface area contributed by atoms with E-state index in [4.69, 9.17) is 5.73 Å². The Kier molecular flexibility index (Phi) is 3.45. The highest BCUT2D eigenvalue weighted by Gasteiger charge is 2.32. The molecular formula is C10H13Br2N3. The van der Waals surface area contributed by atoms with Crippen LogP contribution in [-0.4, -0.2) is 29.5 Å². The van der Waals surface area contributed by atoms with Crippen molar-refractivity contribution >= 4 is 31.9 Å². The Bertz CT molecular complexity index is 360. The monoisotopic (exact) mass is 333 g/mol. The highest BCUT2D eigenvalue weighted by molar-refractivity contribution is 9.11. The minimum atomic E-state index is 0.181. The molecule has 1 aliphatic rings. The number of pyridine rings is 1. The summed E-state index contributed by atoms with van der Waals surface area (Å²) in [5.74, 6) is 0. The smallest absolute Gasteiger partial charge is 0.0733 e. The second kappa shape index (κ2) is 4.49. The molecule has 2 N–H and O–H groups in total. The van der Waals surface area contributed by atoms with Crippen LogP contribution in [0.15, 0.2) is 21.2 Å². The number of nitrogens with two attached hydrogens (primary N) is 1. The van der Waals surface area contributed by atoms with Crippen molar-refractivity contribution in [2.24, 2.45) is 5.73 Å². The summed E-state index contributed by atoms with van der Waals surface area (Å²) in [6.45, 7) is 1.04. The Morgan fingerprint density at radius 2 is 2.27 bits per heavy atom. The lowest BCUT2D eigenvalue weighted by atomic mass is 10.1. The zero-order valence-electron chi connectivity index (χ0n) is 8.45. The fourth-order valence-corrected chi connectivity index (χ4v) is 3.25. The van der Waals surface area contributed by atoms with E-state index in [1.807, 2.05) is 12.3 Å². The minimum absolute atomic E-state index is 0.181. The van der Waals surface area contributed by atoms with E-state index in [0.717, 1.165) is 27.6 Å². The predicted octanol–water partition coefficient (Wildman–Crippen LogP) is 2.31. The zero-order chi connectivity index (χ0) is 11.0. The topological polar surface area (TPSA) is 42.1 Å². The van der Waals surface area contributed by atoms with Gasteiger partial charge in [-0.2, -0.15) is 0 Å². The summed E-state index contributed by atoms with van der Waals surface area (Å²) >= 11 is 6.94. The molecule has 2 heterocycles. The van der Waals surface area contributed by atoms with Gasteiger partial charge in [0.1, 0.15) is 0 Å². The van der Waals surface area contributed by atoms with Crippen molar-refractivity contribution in [3.05, 3.63) is 26.9 Å². The summed E-state index contributed by atoms with van der Waals surface area (Å²) in [6.07, 6.45) is 2.85. The van der Waals surface area contributed by atoms with Crippen LogP contribution in [-0.2, 0) is 0 Å². The van der Waals surface area contributed by atoms with Gasteiger partial charge in [0.25, 0.3) is 0 Å². The Hall–Kier alpha value is 0.0300. The van der Waals surface area contributed by atoms with Crippen LogP contribution in [0.25, 0.3) is 0 Å². The number of likely N-dealkylation sites (tertiary alicyclic amines) is 1. The average Bonchev–Trinajstić information content (AvgIpc) is 2.48. The number of halogens is 2. The van der Waals surface area contributed by atoms with Crippen molar-refractivity contribution in [3.63, 3.8) is 0 Å². The standard InChI is InChI=1S/C10H13Br2N3/c1-15-3-2-8(13)10(15)9-7(12)4-6(11)5-14-9/h4-5,8,10H,2-3,13H2,1H3. The first kappa shape index (κ1) is 11.5. The lowest BCUT2D eigenvalue weighted by molar-refractivity contribution is 0.297. The average molecular weight is 335 g/mol. The summed E-state index contributed by atoms with van der Waals surface area (Å²) in [4.78, 5) is 6.70. The molecular weight excluding hydrogens is 322 g/mol.